The van der Waals surface area contributed by atoms with Gasteiger partial charge >= 0.3 is 0 Å². The number of hydrogen-bond acceptors (Lipinski definition) is 4. The van der Waals surface area contributed by atoms with E-state index in [0.717, 1.165) is 16.9 Å². The highest BCUT2D eigenvalue weighted by Gasteiger charge is 2.36. The van der Waals surface area contributed by atoms with Gasteiger partial charge in [0.2, 0.25) is 0 Å². The van der Waals surface area contributed by atoms with Gasteiger partial charge in [0.15, 0.2) is 0 Å². The van der Waals surface area contributed by atoms with Gasteiger partial charge in [-0.25, -0.2) is 4.90 Å². The molecule has 0 bridgehead atoms. The second kappa shape index (κ2) is 7.85. The summed E-state index contributed by atoms with van der Waals surface area (Å²) in [7, 11) is 0. The van der Waals surface area contributed by atoms with Crippen molar-refractivity contribution in [2.75, 3.05) is 4.90 Å². The first kappa shape index (κ1) is 18.5. The number of ketones is 1. The molecule has 0 saturated carbocycles. The smallest absolute Gasteiger partial charge is 0.266 e. The number of anilines is 1. The van der Waals surface area contributed by atoms with Crippen molar-refractivity contribution in [3.8, 4) is 0 Å². The van der Waals surface area contributed by atoms with Crippen LogP contribution in [0.25, 0.3) is 0 Å². The monoisotopic (exact) mass is 338 g/mol. The average Bonchev–Trinajstić information content (AvgIpc) is 2.85. The molecule has 5 heteroatoms. The second-order valence-corrected chi connectivity index (χ2v) is 5.87. The molecule has 0 aliphatic carbocycles. The van der Waals surface area contributed by atoms with Crippen molar-refractivity contribution < 1.29 is 14.4 Å². The first-order valence-corrected chi connectivity index (χ1v) is 8.19. The van der Waals surface area contributed by atoms with Crippen LogP contribution in [0.5, 0.6) is 0 Å². The maximum Gasteiger partial charge on any atom is 0.266 e. The van der Waals surface area contributed by atoms with Crippen LogP contribution in [-0.4, -0.2) is 23.6 Å². The molecule has 1 aromatic carbocycles. The first-order chi connectivity index (χ1) is 11.9. The molecule has 2 rings (SSSR count). The Morgan fingerprint density at radius 1 is 1.12 bits per heavy atom. The van der Waals surface area contributed by atoms with Gasteiger partial charge in [-0.2, -0.15) is 0 Å². The lowest BCUT2D eigenvalue weighted by molar-refractivity contribution is -0.121. The first-order valence-electron chi connectivity index (χ1n) is 8.19. The summed E-state index contributed by atoms with van der Waals surface area (Å²) < 4.78 is 0. The van der Waals surface area contributed by atoms with Gasteiger partial charge in [-0.1, -0.05) is 44.4 Å². The third-order valence-corrected chi connectivity index (χ3v) is 4.13. The van der Waals surface area contributed by atoms with Crippen LogP contribution >= 0.6 is 0 Å². The van der Waals surface area contributed by atoms with E-state index in [4.69, 9.17) is 5.73 Å². The predicted molar refractivity (Wildman–Crippen MR) is 97.9 cm³/mol. The molecular weight excluding hydrogens is 316 g/mol. The highest BCUT2D eigenvalue weighted by Crippen LogP contribution is 2.28. The minimum Gasteiger partial charge on any atom is -0.321 e. The Labute approximate surface area is 147 Å². The minimum absolute atomic E-state index is 0.0342. The molecule has 25 heavy (non-hydrogen) atoms. The van der Waals surface area contributed by atoms with Gasteiger partial charge in [-0.05, 0) is 30.5 Å². The standard InChI is InChI=1S/C20H22N2O3/c1-4-7-18(23)17(21)12-13-8-10-14(11-9-13)22-19(24)15(5-2)16(6-3)20(22)25/h5-6,8-11,17H,2-4,7,12,21H2,1H3. The number of carbonyl (C=O) groups is 3. The van der Waals surface area contributed by atoms with Crippen LogP contribution < -0.4 is 10.6 Å². The lowest BCUT2D eigenvalue weighted by Gasteiger charge is -2.16. The van der Waals surface area contributed by atoms with Crippen LogP contribution in [-0.2, 0) is 20.8 Å². The van der Waals surface area contributed by atoms with Crippen LogP contribution in [0.15, 0.2) is 60.7 Å². The summed E-state index contributed by atoms with van der Waals surface area (Å²) in [4.78, 5) is 37.7. The Bertz CT molecular complexity index is 730. The fourth-order valence-corrected chi connectivity index (χ4v) is 2.77. The zero-order chi connectivity index (χ0) is 18.6. The van der Waals surface area contributed by atoms with Crippen molar-refractivity contribution in [3.63, 3.8) is 0 Å². The summed E-state index contributed by atoms with van der Waals surface area (Å²) in [6, 6.07) is 6.36. The maximum atomic E-state index is 12.4. The fraction of sp³-hybridized carbons (Fsp3) is 0.250. The number of Topliss-reactive ketones (excluding diaryl/α,β-unsaturated/α-hetero) is 1. The van der Waals surface area contributed by atoms with Gasteiger partial charge < -0.3 is 5.73 Å². The van der Waals surface area contributed by atoms with E-state index in [-0.39, 0.29) is 16.9 Å². The van der Waals surface area contributed by atoms with Crippen molar-refractivity contribution in [1.82, 2.24) is 0 Å². The zero-order valence-electron chi connectivity index (χ0n) is 14.3. The number of nitrogens with zero attached hydrogens (tertiary/aromatic N) is 1. The largest absolute Gasteiger partial charge is 0.321 e. The Balaban J connectivity index is 2.17. The number of hydrogen-bond donors (Lipinski definition) is 1. The van der Waals surface area contributed by atoms with E-state index in [1.165, 1.54) is 12.2 Å². The molecule has 1 heterocycles. The minimum atomic E-state index is -0.540. The van der Waals surface area contributed by atoms with Crippen LogP contribution in [0.3, 0.4) is 0 Å². The van der Waals surface area contributed by atoms with Crippen LogP contribution in [0.2, 0.25) is 0 Å². The predicted octanol–water partition coefficient (Wildman–Crippen LogP) is 2.47. The Morgan fingerprint density at radius 3 is 2.08 bits per heavy atom. The zero-order valence-corrected chi connectivity index (χ0v) is 14.3. The topological polar surface area (TPSA) is 80.5 Å². The molecule has 0 fully saturated rings. The number of imide groups is 1. The van der Waals surface area contributed by atoms with E-state index in [2.05, 4.69) is 13.2 Å². The fourth-order valence-electron chi connectivity index (χ4n) is 2.77. The van der Waals surface area contributed by atoms with Gasteiger partial charge in [-0.3, -0.25) is 14.4 Å². The quantitative estimate of drug-likeness (QED) is 0.738. The Morgan fingerprint density at radius 2 is 1.64 bits per heavy atom. The molecule has 1 aromatic rings. The SMILES string of the molecule is C=CC1=C(C=C)C(=O)N(c2ccc(CC(N)C(=O)CCC)cc2)C1=O. The van der Waals surface area contributed by atoms with Crippen LogP contribution in [0, 0.1) is 0 Å². The van der Waals surface area contributed by atoms with Gasteiger partial charge in [0, 0.05) is 6.42 Å². The molecule has 5 nitrogen and oxygen atoms in total. The van der Waals surface area contributed by atoms with E-state index in [1.54, 1.807) is 24.3 Å². The van der Waals surface area contributed by atoms with Crippen molar-refractivity contribution in [3.05, 3.63) is 66.3 Å². The third-order valence-electron chi connectivity index (χ3n) is 4.13. The maximum absolute atomic E-state index is 12.4. The number of rotatable bonds is 8. The normalized spacial score (nSPS) is 15.5. The highest BCUT2D eigenvalue weighted by molar-refractivity contribution is 6.34. The molecule has 1 aliphatic heterocycles. The highest BCUT2D eigenvalue weighted by atomic mass is 16.2. The van der Waals surface area contributed by atoms with Crippen molar-refractivity contribution >= 4 is 23.3 Å². The molecule has 0 saturated heterocycles. The average molecular weight is 338 g/mol. The van der Waals surface area contributed by atoms with Crippen LogP contribution in [0.4, 0.5) is 5.69 Å². The molecule has 1 atom stereocenters. The third kappa shape index (κ3) is 3.67. The van der Waals surface area contributed by atoms with E-state index in [1.807, 2.05) is 6.92 Å². The van der Waals surface area contributed by atoms with E-state index in [9.17, 15) is 14.4 Å². The molecule has 0 aromatic heterocycles. The summed E-state index contributed by atoms with van der Waals surface area (Å²) in [5, 5.41) is 0. The van der Waals surface area contributed by atoms with E-state index in [0.29, 0.717) is 18.5 Å². The number of nitrogens with two attached hydrogens (primary N) is 1. The summed E-state index contributed by atoms with van der Waals surface area (Å²) in [6.07, 6.45) is 4.40. The van der Waals surface area contributed by atoms with Crippen molar-refractivity contribution in [2.45, 2.75) is 32.2 Å². The van der Waals surface area contributed by atoms with E-state index >= 15 is 0 Å². The lowest BCUT2D eigenvalue weighted by Crippen LogP contribution is -2.33. The van der Waals surface area contributed by atoms with Crippen molar-refractivity contribution in [2.24, 2.45) is 5.73 Å². The van der Waals surface area contributed by atoms with Crippen LogP contribution in [0.1, 0.15) is 25.3 Å². The summed E-state index contributed by atoms with van der Waals surface area (Å²) >= 11 is 0. The lowest BCUT2D eigenvalue weighted by atomic mass is 10.0. The molecule has 0 radical (unpaired) electrons. The summed E-state index contributed by atoms with van der Waals surface area (Å²) in [6.45, 7) is 9.10. The van der Waals surface area contributed by atoms with Gasteiger partial charge in [0.25, 0.3) is 11.8 Å². The number of carbonyl (C=O) groups excluding carboxylic acids is 3. The van der Waals surface area contributed by atoms with E-state index < -0.39 is 17.9 Å². The van der Waals surface area contributed by atoms with Gasteiger partial charge in [0.05, 0.1) is 22.9 Å². The number of benzene rings is 1. The summed E-state index contributed by atoms with van der Waals surface area (Å²) in [5.41, 5.74) is 7.75. The summed E-state index contributed by atoms with van der Waals surface area (Å²) in [5.74, 6) is -0.804. The van der Waals surface area contributed by atoms with Crippen molar-refractivity contribution in [1.29, 1.82) is 0 Å². The molecule has 2 N–H and O–H groups in total. The molecule has 1 aliphatic rings. The Kier molecular flexibility index (Phi) is 5.83. The Hall–Kier alpha value is -2.79. The molecular formula is C20H22N2O3. The molecule has 2 amide bonds. The second-order valence-electron chi connectivity index (χ2n) is 5.87. The number of amides is 2. The molecule has 130 valence electrons. The van der Waals surface area contributed by atoms with Gasteiger partial charge in [0.1, 0.15) is 5.78 Å². The molecule has 0 spiro atoms. The molecule has 1 unspecified atom stereocenters. The van der Waals surface area contributed by atoms with Gasteiger partial charge in [-0.15, -0.1) is 0 Å².